The highest BCUT2D eigenvalue weighted by molar-refractivity contribution is 6.02. The van der Waals surface area contributed by atoms with Crippen LogP contribution in [0.15, 0.2) is 65.5 Å². The van der Waals surface area contributed by atoms with Gasteiger partial charge in [-0.25, -0.2) is 9.07 Å². The molecule has 0 saturated carbocycles. The maximum absolute atomic E-state index is 13.2. The maximum atomic E-state index is 13.2. The lowest BCUT2D eigenvalue weighted by Gasteiger charge is -2.09. The highest BCUT2D eigenvalue weighted by atomic mass is 19.1. The molecule has 3 rings (SSSR count). The molecule has 2 amide bonds. The van der Waals surface area contributed by atoms with Crippen LogP contribution in [-0.2, 0) is 11.3 Å². The Morgan fingerprint density at radius 1 is 1.00 bits per heavy atom. The molecule has 3 aromatic rings. The van der Waals surface area contributed by atoms with Crippen LogP contribution < -0.4 is 16.2 Å². The van der Waals surface area contributed by atoms with E-state index >= 15 is 0 Å². The summed E-state index contributed by atoms with van der Waals surface area (Å²) in [7, 11) is 0. The van der Waals surface area contributed by atoms with Crippen molar-refractivity contribution in [1.82, 2.24) is 9.78 Å². The third-order valence-electron chi connectivity index (χ3n) is 3.81. The number of hydrogen-bond acceptors (Lipinski definition) is 4. The molecule has 28 heavy (non-hydrogen) atoms. The summed E-state index contributed by atoms with van der Waals surface area (Å²) in [5.41, 5.74) is 1.33. The number of nitrogens with one attached hydrogen (secondary N) is 2. The number of anilines is 2. The predicted octanol–water partition coefficient (Wildman–Crippen LogP) is 2.58. The van der Waals surface area contributed by atoms with Crippen molar-refractivity contribution in [2.24, 2.45) is 0 Å². The Kier molecular flexibility index (Phi) is 5.59. The summed E-state index contributed by atoms with van der Waals surface area (Å²) < 4.78 is 14.1. The zero-order valence-electron chi connectivity index (χ0n) is 15.0. The molecule has 0 radical (unpaired) electrons. The van der Waals surface area contributed by atoms with Crippen molar-refractivity contribution >= 4 is 23.2 Å². The summed E-state index contributed by atoms with van der Waals surface area (Å²) in [5, 5.41) is 9.09. The van der Waals surface area contributed by atoms with Crippen LogP contribution in [0.3, 0.4) is 0 Å². The number of aryl methyl sites for hydroxylation is 1. The Balaban J connectivity index is 1.71. The van der Waals surface area contributed by atoms with Crippen molar-refractivity contribution in [3.8, 4) is 0 Å². The van der Waals surface area contributed by atoms with Crippen LogP contribution in [0.1, 0.15) is 16.1 Å². The Hall–Kier alpha value is -3.81. The second kappa shape index (κ2) is 8.26. The normalized spacial score (nSPS) is 10.4. The standard InChI is InChI=1S/C20H17FN4O3/c1-13-5-7-15(8-6-13)23-20(28)17-9-10-19(27)25(24-17)12-18(26)22-16-4-2-3-14(21)11-16/h2-11H,12H2,1H3,(H,22,26)(H,23,28). The minimum atomic E-state index is -0.573. The summed E-state index contributed by atoms with van der Waals surface area (Å²) in [4.78, 5) is 36.4. The number of halogens is 1. The molecular formula is C20H17FN4O3. The third-order valence-corrected chi connectivity index (χ3v) is 3.81. The Labute approximate surface area is 159 Å². The quantitative estimate of drug-likeness (QED) is 0.712. The van der Waals surface area contributed by atoms with Crippen LogP contribution in [0.4, 0.5) is 15.8 Å². The van der Waals surface area contributed by atoms with E-state index in [1.54, 1.807) is 12.1 Å². The molecule has 7 nitrogen and oxygen atoms in total. The smallest absolute Gasteiger partial charge is 0.276 e. The van der Waals surface area contributed by atoms with E-state index in [9.17, 15) is 18.8 Å². The summed E-state index contributed by atoms with van der Waals surface area (Å²) in [6.07, 6.45) is 0. The summed E-state index contributed by atoms with van der Waals surface area (Å²) in [5.74, 6) is -1.58. The molecule has 0 bridgehead atoms. The van der Waals surface area contributed by atoms with E-state index < -0.39 is 29.7 Å². The predicted molar refractivity (Wildman–Crippen MR) is 103 cm³/mol. The fourth-order valence-electron chi connectivity index (χ4n) is 2.42. The van der Waals surface area contributed by atoms with E-state index in [-0.39, 0.29) is 11.4 Å². The van der Waals surface area contributed by atoms with Gasteiger partial charge >= 0.3 is 0 Å². The number of aromatic nitrogens is 2. The first-order chi connectivity index (χ1) is 13.4. The summed E-state index contributed by atoms with van der Waals surface area (Å²) in [6, 6.07) is 15.0. The Morgan fingerprint density at radius 2 is 1.75 bits per heavy atom. The van der Waals surface area contributed by atoms with Crippen molar-refractivity contribution in [2.45, 2.75) is 13.5 Å². The second-order valence-corrected chi connectivity index (χ2v) is 6.09. The zero-order chi connectivity index (χ0) is 20.1. The van der Waals surface area contributed by atoms with Gasteiger partial charge in [0.2, 0.25) is 5.91 Å². The number of hydrogen-bond donors (Lipinski definition) is 2. The van der Waals surface area contributed by atoms with Crippen molar-refractivity contribution in [3.63, 3.8) is 0 Å². The monoisotopic (exact) mass is 380 g/mol. The Morgan fingerprint density at radius 3 is 2.46 bits per heavy atom. The van der Waals surface area contributed by atoms with E-state index in [0.29, 0.717) is 5.69 Å². The number of carbonyl (C=O) groups is 2. The SMILES string of the molecule is Cc1ccc(NC(=O)c2ccc(=O)n(CC(=O)Nc3cccc(F)c3)n2)cc1. The largest absolute Gasteiger partial charge is 0.324 e. The first kappa shape index (κ1) is 19.0. The van der Waals surface area contributed by atoms with Crippen molar-refractivity contribution < 1.29 is 14.0 Å². The first-order valence-electron chi connectivity index (χ1n) is 8.42. The van der Waals surface area contributed by atoms with Gasteiger partial charge in [-0.1, -0.05) is 23.8 Å². The lowest BCUT2D eigenvalue weighted by molar-refractivity contribution is -0.117. The van der Waals surface area contributed by atoms with E-state index in [1.807, 2.05) is 19.1 Å². The van der Waals surface area contributed by atoms with Gasteiger partial charge in [0, 0.05) is 17.4 Å². The fraction of sp³-hybridized carbons (Fsp3) is 0.100. The molecule has 0 aliphatic heterocycles. The van der Waals surface area contributed by atoms with Crippen LogP contribution >= 0.6 is 0 Å². The van der Waals surface area contributed by atoms with Crippen molar-refractivity contribution in [2.75, 3.05) is 10.6 Å². The molecule has 1 aromatic heterocycles. The highest BCUT2D eigenvalue weighted by Crippen LogP contribution is 2.10. The molecule has 2 aromatic carbocycles. The van der Waals surface area contributed by atoms with Gasteiger partial charge in [-0.2, -0.15) is 5.10 Å². The number of carbonyl (C=O) groups excluding carboxylic acids is 2. The van der Waals surface area contributed by atoms with Gasteiger partial charge in [0.15, 0.2) is 0 Å². The van der Waals surface area contributed by atoms with E-state index in [1.165, 1.54) is 24.3 Å². The van der Waals surface area contributed by atoms with Crippen molar-refractivity contribution in [1.29, 1.82) is 0 Å². The molecule has 2 N–H and O–H groups in total. The number of nitrogens with zero attached hydrogens (tertiary/aromatic N) is 2. The number of amides is 2. The zero-order valence-corrected chi connectivity index (χ0v) is 15.0. The minimum absolute atomic E-state index is 0.0151. The highest BCUT2D eigenvalue weighted by Gasteiger charge is 2.12. The molecule has 142 valence electrons. The van der Waals surface area contributed by atoms with Gasteiger partial charge in [-0.05, 0) is 43.3 Å². The second-order valence-electron chi connectivity index (χ2n) is 6.09. The van der Waals surface area contributed by atoms with Gasteiger partial charge in [0.1, 0.15) is 18.1 Å². The van der Waals surface area contributed by atoms with Gasteiger partial charge in [-0.3, -0.25) is 14.4 Å². The average molecular weight is 380 g/mol. The number of rotatable bonds is 5. The Bertz CT molecular complexity index is 1080. The molecular weight excluding hydrogens is 363 g/mol. The molecule has 8 heteroatoms. The van der Waals surface area contributed by atoms with Gasteiger partial charge in [0.25, 0.3) is 11.5 Å². The summed E-state index contributed by atoms with van der Waals surface area (Å²) in [6.45, 7) is 1.51. The molecule has 0 saturated heterocycles. The molecule has 1 heterocycles. The minimum Gasteiger partial charge on any atom is -0.324 e. The molecule has 0 aliphatic carbocycles. The van der Waals surface area contributed by atoms with E-state index in [2.05, 4.69) is 15.7 Å². The molecule has 0 spiro atoms. The van der Waals surface area contributed by atoms with Crippen LogP contribution in [0, 0.1) is 12.7 Å². The lowest BCUT2D eigenvalue weighted by Crippen LogP contribution is -2.31. The van der Waals surface area contributed by atoms with Crippen LogP contribution in [0.5, 0.6) is 0 Å². The third kappa shape index (κ3) is 4.88. The molecule has 0 aliphatic rings. The molecule has 0 atom stereocenters. The fourth-order valence-corrected chi connectivity index (χ4v) is 2.42. The van der Waals surface area contributed by atoms with Crippen LogP contribution in [0.2, 0.25) is 0 Å². The van der Waals surface area contributed by atoms with Gasteiger partial charge in [-0.15, -0.1) is 0 Å². The molecule has 0 unspecified atom stereocenters. The topological polar surface area (TPSA) is 93.1 Å². The van der Waals surface area contributed by atoms with Crippen LogP contribution in [0.25, 0.3) is 0 Å². The van der Waals surface area contributed by atoms with E-state index in [0.717, 1.165) is 22.4 Å². The lowest BCUT2D eigenvalue weighted by atomic mass is 10.2. The van der Waals surface area contributed by atoms with Crippen LogP contribution in [-0.4, -0.2) is 21.6 Å². The average Bonchev–Trinajstić information content (AvgIpc) is 2.65. The van der Waals surface area contributed by atoms with Crippen molar-refractivity contribution in [3.05, 3.63) is 88.1 Å². The van der Waals surface area contributed by atoms with Gasteiger partial charge in [0.05, 0.1) is 0 Å². The number of benzene rings is 2. The van der Waals surface area contributed by atoms with E-state index in [4.69, 9.17) is 0 Å². The summed E-state index contributed by atoms with van der Waals surface area (Å²) >= 11 is 0. The first-order valence-corrected chi connectivity index (χ1v) is 8.42. The van der Waals surface area contributed by atoms with Gasteiger partial charge < -0.3 is 10.6 Å². The maximum Gasteiger partial charge on any atom is 0.276 e. The molecule has 0 fully saturated rings.